The number of phenols is 1. The van der Waals surface area contributed by atoms with Crippen LogP contribution in [-0.2, 0) is 0 Å². The third-order valence-corrected chi connectivity index (χ3v) is 3.29. The zero-order chi connectivity index (χ0) is 14.8. The molecule has 0 saturated heterocycles. The van der Waals surface area contributed by atoms with Crippen LogP contribution in [0.2, 0.25) is 0 Å². The van der Waals surface area contributed by atoms with Gasteiger partial charge in [0.05, 0.1) is 12.6 Å². The van der Waals surface area contributed by atoms with E-state index in [1.165, 1.54) is 0 Å². The van der Waals surface area contributed by atoms with Gasteiger partial charge in [-0.1, -0.05) is 0 Å². The monoisotopic (exact) mass is 280 g/mol. The van der Waals surface area contributed by atoms with Gasteiger partial charge in [-0.25, -0.2) is 0 Å². The Morgan fingerprint density at radius 1 is 1.05 bits per heavy atom. The molecule has 0 radical (unpaired) electrons. The van der Waals surface area contributed by atoms with Crippen molar-refractivity contribution in [2.24, 2.45) is 0 Å². The maximum Gasteiger partial charge on any atom is 0.121 e. The summed E-state index contributed by atoms with van der Waals surface area (Å²) in [6, 6.07) is 14.8. The van der Waals surface area contributed by atoms with E-state index >= 15 is 0 Å². The first-order valence-corrected chi connectivity index (χ1v) is 6.67. The molecule has 3 rings (SSSR count). The third-order valence-electron chi connectivity index (χ3n) is 3.29. The Morgan fingerprint density at radius 3 is 2.52 bits per heavy atom. The van der Waals surface area contributed by atoms with Crippen LogP contribution in [0.25, 0.3) is 10.9 Å². The maximum absolute atomic E-state index is 9.34. The Bertz CT molecular complexity index is 783. The van der Waals surface area contributed by atoms with Crippen LogP contribution in [0.15, 0.2) is 48.5 Å². The average Bonchev–Trinajstić information content (AvgIpc) is 2.48. The highest BCUT2D eigenvalue weighted by Gasteiger charge is 2.06. The number of hydrogen-bond donors (Lipinski definition) is 2. The van der Waals surface area contributed by atoms with Gasteiger partial charge in [0.25, 0.3) is 0 Å². The highest BCUT2D eigenvalue weighted by atomic mass is 16.5. The number of fused-ring (bicyclic) bond motifs is 1. The lowest BCUT2D eigenvalue weighted by atomic mass is 10.1. The predicted octanol–water partition coefficient (Wildman–Crippen LogP) is 4.00. The summed E-state index contributed by atoms with van der Waals surface area (Å²) in [6.07, 6.45) is 0. The maximum atomic E-state index is 9.34. The molecular formula is C17H16N2O2. The first kappa shape index (κ1) is 13.2. The minimum Gasteiger partial charge on any atom is -0.508 e. The summed E-state index contributed by atoms with van der Waals surface area (Å²) in [4.78, 5) is 4.54. The molecular weight excluding hydrogens is 264 g/mol. The fourth-order valence-electron chi connectivity index (χ4n) is 2.27. The lowest BCUT2D eigenvalue weighted by Crippen LogP contribution is -1.95. The molecule has 1 heterocycles. The number of methoxy groups -OCH3 is 1. The molecule has 2 N–H and O–H groups in total. The third kappa shape index (κ3) is 2.74. The van der Waals surface area contributed by atoms with Crippen LogP contribution < -0.4 is 10.1 Å². The molecule has 1 aromatic heterocycles. The largest absolute Gasteiger partial charge is 0.508 e. The molecule has 0 amide bonds. The summed E-state index contributed by atoms with van der Waals surface area (Å²) in [5.74, 6) is 1.04. The van der Waals surface area contributed by atoms with Gasteiger partial charge in [-0.05, 0) is 49.4 Å². The molecule has 2 aromatic carbocycles. The topological polar surface area (TPSA) is 54.4 Å². The number of ether oxygens (including phenoxy) is 1. The molecule has 0 bridgehead atoms. The highest BCUT2D eigenvalue weighted by molar-refractivity contribution is 5.94. The molecule has 0 aliphatic heterocycles. The van der Waals surface area contributed by atoms with E-state index in [4.69, 9.17) is 4.74 Å². The zero-order valence-corrected chi connectivity index (χ0v) is 11.9. The number of nitrogens with zero attached hydrogens (tertiary/aromatic N) is 1. The number of aryl methyl sites for hydroxylation is 1. The van der Waals surface area contributed by atoms with Gasteiger partial charge in [-0.15, -0.1) is 0 Å². The number of benzene rings is 2. The van der Waals surface area contributed by atoms with Crippen molar-refractivity contribution in [1.29, 1.82) is 0 Å². The van der Waals surface area contributed by atoms with Crippen molar-refractivity contribution >= 4 is 22.3 Å². The lowest BCUT2D eigenvalue weighted by Gasteiger charge is -2.11. The van der Waals surface area contributed by atoms with Crippen molar-refractivity contribution in [3.63, 3.8) is 0 Å². The number of hydrogen-bond acceptors (Lipinski definition) is 4. The van der Waals surface area contributed by atoms with Crippen molar-refractivity contribution in [3.05, 3.63) is 54.2 Å². The number of anilines is 2. The summed E-state index contributed by atoms with van der Waals surface area (Å²) in [7, 11) is 1.65. The van der Waals surface area contributed by atoms with Gasteiger partial charge in [0.1, 0.15) is 11.5 Å². The van der Waals surface area contributed by atoms with Gasteiger partial charge < -0.3 is 15.2 Å². The molecule has 0 atom stereocenters. The van der Waals surface area contributed by atoms with E-state index < -0.39 is 0 Å². The summed E-state index contributed by atoms with van der Waals surface area (Å²) < 4.78 is 5.25. The molecule has 3 aromatic rings. The summed E-state index contributed by atoms with van der Waals surface area (Å²) in [6.45, 7) is 1.96. The van der Waals surface area contributed by atoms with Gasteiger partial charge >= 0.3 is 0 Å². The van der Waals surface area contributed by atoms with Crippen LogP contribution in [-0.4, -0.2) is 17.2 Å². The standard InChI is InChI=1S/C17H16N2O2/c1-11-9-16(19-12-3-5-13(20)6-4-12)15-8-7-14(21-2)10-17(15)18-11/h3-10,20H,1-2H3,(H,18,19). The average molecular weight is 280 g/mol. The number of phenolic OH excluding ortho intramolecular Hbond substituents is 1. The summed E-state index contributed by atoms with van der Waals surface area (Å²) >= 11 is 0. The number of rotatable bonds is 3. The fourth-order valence-corrected chi connectivity index (χ4v) is 2.27. The van der Waals surface area contributed by atoms with Crippen molar-refractivity contribution < 1.29 is 9.84 Å². The smallest absolute Gasteiger partial charge is 0.121 e. The van der Waals surface area contributed by atoms with E-state index in [1.54, 1.807) is 19.2 Å². The van der Waals surface area contributed by atoms with Crippen molar-refractivity contribution in [1.82, 2.24) is 4.98 Å². The normalized spacial score (nSPS) is 10.6. The van der Waals surface area contributed by atoms with E-state index in [-0.39, 0.29) is 5.75 Å². The SMILES string of the molecule is COc1ccc2c(Nc3ccc(O)cc3)cc(C)nc2c1. The van der Waals surface area contributed by atoms with Gasteiger partial charge in [0, 0.05) is 28.5 Å². The van der Waals surface area contributed by atoms with Crippen LogP contribution in [0.1, 0.15) is 5.69 Å². The molecule has 4 nitrogen and oxygen atoms in total. The lowest BCUT2D eigenvalue weighted by molar-refractivity contribution is 0.415. The van der Waals surface area contributed by atoms with Crippen molar-refractivity contribution in [3.8, 4) is 11.5 Å². The molecule has 0 aliphatic carbocycles. The minimum absolute atomic E-state index is 0.251. The molecule has 4 heteroatoms. The van der Waals surface area contributed by atoms with E-state index in [2.05, 4.69) is 10.3 Å². The van der Waals surface area contributed by atoms with E-state index in [1.807, 2.05) is 43.3 Å². The second-order valence-corrected chi connectivity index (χ2v) is 4.87. The van der Waals surface area contributed by atoms with Gasteiger partial charge in [0.15, 0.2) is 0 Å². The van der Waals surface area contributed by atoms with Crippen LogP contribution >= 0.6 is 0 Å². The van der Waals surface area contributed by atoms with Gasteiger partial charge in [0.2, 0.25) is 0 Å². The van der Waals surface area contributed by atoms with Gasteiger partial charge in [-0.3, -0.25) is 4.98 Å². The minimum atomic E-state index is 0.251. The van der Waals surface area contributed by atoms with E-state index in [0.717, 1.165) is 33.7 Å². The van der Waals surface area contributed by atoms with Crippen LogP contribution in [0.3, 0.4) is 0 Å². The van der Waals surface area contributed by atoms with Crippen molar-refractivity contribution in [2.75, 3.05) is 12.4 Å². The summed E-state index contributed by atoms with van der Waals surface area (Å²) in [5.41, 5.74) is 3.70. The first-order valence-electron chi connectivity index (χ1n) is 6.67. The summed E-state index contributed by atoms with van der Waals surface area (Å²) in [5, 5.41) is 13.7. The van der Waals surface area contributed by atoms with Crippen LogP contribution in [0, 0.1) is 6.92 Å². The van der Waals surface area contributed by atoms with Gasteiger partial charge in [-0.2, -0.15) is 0 Å². The number of nitrogens with one attached hydrogen (secondary N) is 1. The molecule has 21 heavy (non-hydrogen) atoms. The Hall–Kier alpha value is -2.75. The Balaban J connectivity index is 2.06. The molecule has 0 unspecified atom stereocenters. The van der Waals surface area contributed by atoms with Crippen molar-refractivity contribution in [2.45, 2.75) is 6.92 Å². The number of aromatic hydroxyl groups is 1. The predicted molar refractivity (Wildman–Crippen MR) is 84.4 cm³/mol. The molecule has 0 spiro atoms. The number of aromatic nitrogens is 1. The molecule has 106 valence electrons. The Morgan fingerprint density at radius 2 is 1.81 bits per heavy atom. The Kier molecular flexibility index (Phi) is 3.36. The van der Waals surface area contributed by atoms with Crippen LogP contribution in [0.4, 0.5) is 11.4 Å². The Labute approximate surface area is 123 Å². The van der Waals surface area contributed by atoms with E-state index in [9.17, 15) is 5.11 Å². The number of pyridine rings is 1. The quantitative estimate of drug-likeness (QED) is 0.712. The highest BCUT2D eigenvalue weighted by Crippen LogP contribution is 2.29. The molecule has 0 fully saturated rings. The second kappa shape index (κ2) is 5.32. The van der Waals surface area contributed by atoms with Crippen LogP contribution in [0.5, 0.6) is 11.5 Å². The fraction of sp³-hybridized carbons (Fsp3) is 0.118. The molecule has 0 aliphatic rings. The zero-order valence-electron chi connectivity index (χ0n) is 11.9. The second-order valence-electron chi connectivity index (χ2n) is 4.87. The molecule has 0 saturated carbocycles. The van der Waals surface area contributed by atoms with E-state index in [0.29, 0.717) is 0 Å². The first-order chi connectivity index (χ1) is 10.2.